The van der Waals surface area contributed by atoms with E-state index in [0.29, 0.717) is 102 Å². The molecule has 0 aliphatic carbocycles. The molecule has 0 radical (unpaired) electrons. The summed E-state index contributed by atoms with van der Waals surface area (Å²) < 4.78 is 256. The highest BCUT2D eigenvalue weighted by atomic mass is 19.4. The standard InChI is InChI=1S/C18H14F4N6.2C17H12F4N6.C16H10F4N6.C16H11F3N6/c1-11-24-16(26-28(11)10-18(20,21)22)15-9-27-7-6-23-17(27)14(25-15)8-12-4-2-3-5-13(12)19;2*1-9-7-27-8-13(14-24-16(26-25-14)17(19,20)21)23-12(15(27)22-9)6-10-4-2-3-5-11(10)18;17-10-3-1-9(2-4-10)7-11-14-21-5-6-26(14)8-12(22-11)13-23-15(25-24-13)16(18,19)20;17-10-4-2-1-3-9(10)7-11-16-20-5-6-25(16)8-12(21-11)14-22-15(13(18)19)24-23-14/h2-7,9H,8,10H2,1H3;2*2-5,7-8H,6H2,1H3,(H,24,25,26);1-6,8H,7H2,(H,23,24,25);1-6,8,13H,7H2,(H,22,23,24). The number of hydrogen-bond donors (Lipinski definition) is 4. The number of aryl methyl sites for hydroxylation is 3. The van der Waals surface area contributed by atoms with Crippen LogP contribution in [0.3, 0.4) is 0 Å². The molecule has 678 valence electrons. The first-order valence-electron chi connectivity index (χ1n) is 39.0. The molecule has 0 unspecified atom stereocenters. The summed E-state index contributed by atoms with van der Waals surface area (Å²) in [5, 5.41) is 26.3. The molecule has 30 nitrogen and oxygen atoms in total. The van der Waals surface area contributed by atoms with Gasteiger partial charge < -0.3 is 22.0 Å². The number of rotatable bonds is 17. The van der Waals surface area contributed by atoms with Crippen LogP contribution in [-0.2, 0) is 57.2 Å². The minimum Gasteiger partial charge on any atom is -0.303 e. The Bertz CT molecular complexity index is 7370. The number of benzene rings is 5. The van der Waals surface area contributed by atoms with Crippen LogP contribution in [0.2, 0.25) is 0 Å². The van der Waals surface area contributed by atoms with Gasteiger partial charge in [0.1, 0.15) is 69.9 Å². The smallest absolute Gasteiger partial charge is 0.303 e. The Kier molecular flexibility index (Phi) is 25.0. The van der Waals surface area contributed by atoms with E-state index < -0.39 is 72.6 Å². The molecule has 133 heavy (non-hydrogen) atoms. The summed E-state index contributed by atoms with van der Waals surface area (Å²) in [6, 6.07) is 31.0. The monoisotopic (exact) mass is 1850 g/mol. The van der Waals surface area contributed by atoms with Crippen molar-refractivity contribution in [1.29, 1.82) is 0 Å². The van der Waals surface area contributed by atoms with Crippen LogP contribution in [0, 0.1) is 49.9 Å². The minimum atomic E-state index is -4.64. The van der Waals surface area contributed by atoms with Crippen LogP contribution in [0.15, 0.2) is 202 Å². The van der Waals surface area contributed by atoms with Crippen molar-refractivity contribution < 1.29 is 83.4 Å². The molecular formula is C84H59F19N30. The third kappa shape index (κ3) is 21.0. The van der Waals surface area contributed by atoms with Gasteiger partial charge in [-0.05, 0) is 85.0 Å². The van der Waals surface area contributed by atoms with E-state index in [-0.39, 0.29) is 101 Å². The van der Waals surface area contributed by atoms with Gasteiger partial charge in [0.2, 0.25) is 46.6 Å². The summed E-state index contributed by atoms with van der Waals surface area (Å²) in [6.07, 6.45) is 0.607. The molecule has 0 saturated heterocycles. The van der Waals surface area contributed by atoms with E-state index in [2.05, 4.69) is 105 Å². The van der Waals surface area contributed by atoms with Crippen molar-refractivity contribution >= 4 is 28.2 Å². The molecular weight excluding hydrogens is 1790 g/mol. The molecule has 4 N–H and O–H groups in total. The number of hydrogen-bond acceptors (Lipinski definition) is 20. The topological polar surface area (TPSA) is 348 Å². The van der Waals surface area contributed by atoms with Crippen molar-refractivity contribution in [2.45, 2.75) is 90.6 Å². The second-order valence-electron chi connectivity index (χ2n) is 29.1. The van der Waals surface area contributed by atoms with Gasteiger partial charge in [-0.15, -0.1) is 5.10 Å². The molecule has 0 aliphatic rings. The average molecular weight is 1850 g/mol. The van der Waals surface area contributed by atoms with E-state index in [4.69, 9.17) is 0 Å². The predicted molar refractivity (Wildman–Crippen MR) is 432 cm³/mol. The first-order valence-corrected chi connectivity index (χ1v) is 39.0. The van der Waals surface area contributed by atoms with E-state index in [1.807, 2.05) is 15.3 Å². The van der Waals surface area contributed by atoms with Gasteiger partial charge in [0.25, 0.3) is 6.43 Å². The maximum atomic E-state index is 14.0. The lowest BCUT2D eigenvalue weighted by Gasteiger charge is -2.07. The van der Waals surface area contributed by atoms with Gasteiger partial charge in [-0.1, -0.05) is 84.9 Å². The predicted octanol–water partition coefficient (Wildman–Crippen LogP) is 17.2. The molecule has 0 aliphatic heterocycles. The Morgan fingerprint density at radius 1 is 0.323 bits per heavy atom. The first-order chi connectivity index (χ1) is 63.4. The fourth-order valence-electron chi connectivity index (χ4n) is 13.4. The van der Waals surface area contributed by atoms with Crippen LogP contribution < -0.4 is 0 Å². The zero-order valence-electron chi connectivity index (χ0n) is 68.2. The summed E-state index contributed by atoms with van der Waals surface area (Å²) >= 11 is 0. The normalized spacial score (nSPS) is 11.9. The number of alkyl halides is 14. The summed E-state index contributed by atoms with van der Waals surface area (Å²) in [4.78, 5) is 61.6. The first kappa shape index (κ1) is 89.9. The number of aromatic amines is 4. The Labute approximate surface area is 732 Å². The average Bonchev–Trinajstić information content (AvgIpc) is 1.69. The van der Waals surface area contributed by atoms with Crippen LogP contribution in [-0.4, -0.2) is 154 Å². The number of fused-ring (bicyclic) bond motifs is 5. The third-order valence-electron chi connectivity index (χ3n) is 19.4. The van der Waals surface area contributed by atoms with Gasteiger partial charge in [-0.2, -0.15) is 73.1 Å². The number of H-pyrrole nitrogens is 4. The molecule has 20 rings (SSSR count). The van der Waals surface area contributed by atoms with Crippen molar-refractivity contribution in [2.75, 3.05) is 0 Å². The van der Waals surface area contributed by atoms with Crippen molar-refractivity contribution in [3.05, 3.63) is 328 Å². The van der Waals surface area contributed by atoms with Gasteiger partial charge in [0.05, 0.1) is 39.9 Å². The number of nitrogens with zero attached hydrogens (tertiary/aromatic N) is 26. The van der Waals surface area contributed by atoms with E-state index in [1.54, 1.807) is 183 Å². The lowest BCUT2D eigenvalue weighted by atomic mass is 10.1. The van der Waals surface area contributed by atoms with Gasteiger partial charge >= 0.3 is 24.7 Å². The van der Waals surface area contributed by atoms with Gasteiger partial charge in [0.15, 0.2) is 34.1 Å². The van der Waals surface area contributed by atoms with E-state index in [9.17, 15) is 83.4 Å². The van der Waals surface area contributed by atoms with Gasteiger partial charge in [-0.3, -0.25) is 20.4 Å². The lowest BCUT2D eigenvalue weighted by molar-refractivity contribution is -0.145. The number of nitrogens with one attached hydrogen (secondary N) is 4. The highest BCUT2D eigenvalue weighted by molar-refractivity contribution is 5.61. The van der Waals surface area contributed by atoms with Crippen LogP contribution in [0.1, 0.15) is 103 Å². The zero-order chi connectivity index (χ0) is 94.0. The van der Waals surface area contributed by atoms with Crippen LogP contribution in [0.25, 0.3) is 85.8 Å². The van der Waals surface area contributed by atoms with Crippen LogP contribution in [0.5, 0.6) is 0 Å². The Hall–Kier alpha value is -16.4. The largest absolute Gasteiger partial charge is 0.451 e. The minimum absolute atomic E-state index is 0.0423. The second-order valence-corrected chi connectivity index (χ2v) is 29.1. The highest BCUT2D eigenvalue weighted by Gasteiger charge is 2.39. The molecule has 15 aromatic heterocycles. The Morgan fingerprint density at radius 3 is 0.962 bits per heavy atom. The molecule has 0 fully saturated rings. The van der Waals surface area contributed by atoms with E-state index in [0.717, 1.165) is 10.2 Å². The fraction of sp³-hybridized carbons (Fsp3) is 0.167. The summed E-state index contributed by atoms with van der Waals surface area (Å²) in [5.74, 6) is -6.38. The number of aromatic nitrogens is 30. The van der Waals surface area contributed by atoms with E-state index >= 15 is 0 Å². The van der Waals surface area contributed by atoms with Crippen molar-refractivity contribution in [3.8, 4) is 57.6 Å². The van der Waals surface area contributed by atoms with Gasteiger partial charge in [0, 0.05) is 113 Å². The lowest BCUT2D eigenvalue weighted by Crippen LogP contribution is -2.19. The molecule has 0 saturated carbocycles. The van der Waals surface area contributed by atoms with E-state index in [1.165, 1.54) is 61.9 Å². The summed E-state index contributed by atoms with van der Waals surface area (Å²) in [6.45, 7) is 3.75. The van der Waals surface area contributed by atoms with Crippen molar-refractivity contribution in [1.82, 2.24) is 147 Å². The summed E-state index contributed by atoms with van der Waals surface area (Å²) in [7, 11) is 0. The Balaban J connectivity index is 0.000000121. The number of halogens is 19. The second kappa shape index (κ2) is 37.0. The molecule has 49 heteroatoms. The van der Waals surface area contributed by atoms with Crippen LogP contribution >= 0.6 is 0 Å². The van der Waals surface area contributed by atoms with Crippen LogP contribution in [0.4, 0.5) is 83.4 Å². The van der Waals surface area contributed by atoms with Gasteiger partial charge in [-0.25, -0.2) is 110 Å². The molecule has 15 heterocycles. The molecule has 0 amide bonds. The molecule has 20 aromatic rings. The maximum absolute atomic E-state index is 14.0. The SMILES string of the molecule is Cc1cn2cc(-c3n[nH]c(C(F)(F)F)n3)nc(Cc3ccccc3F)c2n1.Cc1cn2cc(-c3n[nH]c(C(F)(F)F)n3)nc(Cc3ccccc3F)c2n1.Cc1nc(-c2cn3ccnc3c(Cc3ccccc3F)n2)nn1CC(F)(F)F.Fc1ccc(Cc2nc(-c3n[nH]c(C(F)(F)F)n3)cn3ccnc23)cc1.Fc1ccccc1Cc1nc(-c2n[nH]c(C(F)F)n2)cn2ccnc12. The Morgan fingerprint density at radius 2 is 0.639 bits per heavy atom. The highest BCUT2D eigenvalue weighted by Crippen LogP contribution is 2.34. The molecule has 0 bridgehead atoms. The quantitative estimate of drug-likeness (QED) is 0.0615. The maximum Gasteiger partial charge on any atom is 0.451 e. The fourth-order valence-corrected chi connectivity index (χ4v) is 13.4. The van der Waals surface area contributed by atoms with Crippen molar-refractivity contribution in [3.63, 3.8) is 0 Å². The third-order valence-corrected chi connectivity index (χ3v) is 19.4. The number of imidazole rings is 5. The molecule has 0 atom stereocenters. The molecule has 5 aromatic carbocycles. The summed E-state index contributed by atoms with van der Waals surface area (Å²) in [5.41, 5.74) is 9.74. The zero-order valence-corrected chi connectivity index (χ0v) is 68.2. The van der Waals surface area contributed by atoms with Crippen molar-refractivity contribution in [2.24, 2.45) is 0 Å². The molecule has 0 spiro atoms.